The number of benzene rings is 1. The molecule has 1 aromatic carbocycles. The van der Waals surface area contributed by atoms with Crippen LogP contribution >= 0.6 is 0 Å². The van der Waals surface area contributed by atoms with Gasteiger partial charge in [0.2, 0.25) is 5.91 Å². The summed E-state index contributed by atoms with van der Waals surface area (Å²) in [5, 5.41) is 12.1. The van der Waals surface area contributed by atoms with Gasteiger partial charge in [0.1, 0.15) is 5.75 Å². The van der Waals surface area contributed by atoms with Gasteiger partial charge in [-0.25, -0.2) is 0 Å². The normalized spacial score (nSPS) is 22.8. The first kappa shape index (κ1) is 18.3. The zero-order valence-corrected chi connectivity index (χ0v) is 14.9. The number of carbonyl (C=O) groups excluding carboxylic acids is 1. The first-order valence-corrected chi connectivity index (χ1v) is 8.01. The van der Waals surface area contributed by atoms with Crippen molar-refractivity contribution in [3.63, 3.8) is 0 Å². The van der Waals surface area contributed by atoms with Crippen molar-refractivity contribution in [1.82, 2.24) is 10.2 Å². The van der Waals surface area contributed by atoms with Gasteiger partial charge in [-0.05, 0) is 37.2 Å². The van der Waals surface area contributed by atoms with Crippen molar-refractivity contribution >= 4 is 11.9 Å². The number of likely N-dealkylation sites (N-methyl/N-ethyl adjacent to an activating group) is 1. The number of nitrogens with zero attached hydrogens (tertiary/aromatic N) is 1. The highest BCUT2D eigenvalue weighted by molar-refractivity contribution is 5.91. The molecule has 0 radical (unpaired) electrons. The van der Waals surface area contributed by atoms with Crippen molar-refractivity contribution in [2.45, 2.75) is 19.9 Å². The number of ether oxygens (including phenoxy) is 1. The van der Waals surface area contributed by atoms with Crippen LogP contribution in [0.25, 0.3) is 0 Å². The Hall–Kier alpha value is -2.08. The van der Waals surface area contributed by atoms with Gasteiger partial charge in [-0.3, -0.25) is 9.59 Å². The minimum Gasteiger partial charge on any atom is -0.497 e. The molecule has 0 heterocycles. The second-order valence-corrected chi connectivity index (χ2v) is 7.11. The highest BCUT2D eigenvalue weighted by Gasteiger charge is 2.65. The molecule has 1 fully saturated rings. The van der Waals surface area contributed by atoms with Crippen molar-refractivity contribution < 1.29 is 19.4 Å². The van der Waals surface area contributed by atoms with Gasteiger partial charge in [-0.15, -0.1) is 0 Å². The van der Waals surface area contributed by atoms with Gasteiger partial charge in [-0.2, -0.15) is 0 Å². The Morgan fingerprint density at radius 3 is 2.25 bits per heavy atom. The highest BCUT2D eigenvalue weighted by Crippen LogP contribution is 2.58. The lowest BCUT2D eigenvalue weighted by Crippen LogP contribution is -2.36. The van der Waals surface area contributed by atoms with Crippen LogP contribution in [0.2, 0.25) is 0 Å². The highest BCUT2D eigenvalue weighted by atomic mass is 16.5. The molecule has 0 aromatic heterocycles. The minimum absolute atomic E-state index is 0.00463. The number of amides is 1. The third kappa shape index (κ3) is 3.53. The van der Waals surface area contributed by atoms with E-state index in [0.29, 0.717) is 6.54 Å². The molecular formula is C18H26N2O4. The molecule has 3 atom stereocenters. The van der Waals surface area contributed by atoms with Crippen LogP contribution in [0.1, 0.15) is 25.5 Å². The van der Waals surface area contributed by atoms with E-state index in [4.69, 9.17) is 4.74 Å². The smallest absolute Gasteiger partial charge is 0.307 e. The average molecular weight is 334 g/mol. The Morgan fingerprint density at radius 1 is 1.25 bits per heavy atom. The van der Waals surface area contributed by atoms with Crippen LogP contribution < -0.4 is 10.1 Å². The number of carboxylic acid groups (broad SMARTS) is 1. The Balaban J connectivity index is 2.02. The molecule has 1 aromatic rings. The van der Waals surface area contributed by atoms with Crippen LogP contribution in [-0.2, 0) is 9.59 Å². The molecule has 24 heavy (non-hydrogen) atoms. The van der Waals surface area contributed by atoms with Crippen molar-refractivity contribution in [3.8, 4) is 5.75 Å². The predicted molar refractivity (Wildman–Crippen MR) is 90.8 cm³/mol. The zero-order chi connectivity index (χ0) is 18.1. The average Bonchev–Trinajstić information content (AvgIpc) is 3.10. The fourth-order valence-electron chi connectivity index (χ4n) is 3.32. The fraction of sp³-hybridized carbons (Fsp3) is 0.556. The first-order valence-electron chi connectivity index (χ1n) is 8.01. The number of hydrogen-bond donors (Lipinski definition) is 2. The molecule has 0 saturated heterocycles. The van der Waals surface area contributed by atoms with E-state index in [1.54, 1.807) is 7.11 Å². The maximum atomic E-state index is 12.4. The number of aliphatic carboxylic acids is 1. The van der Waals surface area contributed by atoms with Crippen molar-refractivity contribution in [1.29, 1.82) is 0 Å². The number of hydrogen-bond acceptors (Lipinski definition) is 4. The Bertz CT molecular complexity index is 610. The summed E-state index contributed by atoms with van der Waals surface area (Å²) in [6.07, 6.45) is 0. The molecule has 132 valence electrons. The van der Waals surface area contributed by atoms with Crippen molar-refractivity contribution in [2.24, 2.45) is 17.3 Å². The second kappa shape index (κ2) is 6.81. The summed E-state index contributed by atoms with van der Waals surface area (Å²) < 4.78 is 5.17. The number of methoxy groups -OCH3 is 1. The van der Waals surface area contributed by atoms with Crippen LogP contribution in [0.5, 0.6) is 5.75 Å². The molecular weight excluding hydrogens is 308 g/mol. The number of rotatable bonds is 7. The van der Waals surface area contributed by atoms with Crippen LogP contribution in [0.4, 0.5) is 0 Å². The largest absolute Gasteiger partial charge is 0.497 e. The van der Waals surface area contributed by atoms with E-state index in [2.05, 4.69) is 5.32 Å². The first-order chi connectivity index (χ1) is 11.2. The van der Waals surface area contributed by atoms with Gasteiger partial charge in [0.05, 0.1) is 25.0 Å². The van der Waals surface area contributed by atoms with Crippen LogP contribution in [0.15, 0.2) is 24.3 Å². The maximum Gasteiger partial charge on any atom is 0.307 e. The van der Waals surface area contributed by atoms with Gasteiger partial charge in [-0.1, -0.05) is 26.0 Å². The molecule has 1 amide bonds. The van der Waals surface area contributed by atoms with E-state index in [0.717, 1.165) is 11.3 Å². The number of carbonyl (C=O) groups is 2. The van der Waals surface area contributed by atoms with Crippen molar-refractivity contribution in [3.05, 3.63) is 29.8 Å². The minimum atomic E-state index is -0.903. The topological polar surface area (TPSA) is 78.9 Å². The lowest BCUT2D eigenvalue weighted by atomic mass is 10.1. The molecule has 1 saturated carbocycles. The molecule has 2 N–H and O–H groups in total. The molecule has 0 unspecified atom stereocenters. The lowest BCUT2D eigenvalue weighted by Gasteiger charge is -2.25. The molecule has 1 aliphatic carbocycles. The number of carboxylic acids is 1. The van der Waals surface area contributed by atoms with E-state index in [-0.39, 0.29) is 11.9 Å². The molecule has 0 bridgehead atoms. The summed E-state index contributed by atoms with van der Waals surface area (Å²) in [6.45, 7) is 4.07. The van der Waals surface area contributed by atoms with Gasteiger partial charge in [0.25, 0.3) is 0 Å². The van der Waals surface area contributed by atoms with E-state index >= 15 is 0 Å². The Labute approximate surface area is 142 Å². The molecule has 0 spiro atoms. The second-order valence-electron chi connectivity index (χ2n) is 7.11. The third-order valence-electron chi connectivity index (χ3n) is 4.97. The van der Waals surface area contributed by atoms with Crippen LogP contribution in [-0.4, -0.2) is 49.6 Å². The summed E-state index contributed by atoms with van der Waals surface area (Å²) in [7, 11) is 5.51. The Kier molecular flexibility index (Phi) is 5.18. The summed E-state index contributed by atoms with van der Waals surface area (Å²) in [4.78, 5) is 25.6. The van der Waals surface area contributed by atoms with Gasteiger partial charge in [0.15, 0.2) is 0 Å². The van der Waals surface area contributed by atoms with Crippen LogP contribution in [0, 0.1) is 17.3 Å². The fourth-order valence-corrected chi connectivity index (χ4v) is 3.32. The van der Waals surface area contributed by atoms with E-state index in [1.165, 1.54) is 0 Å². The third-order valence-corrected chi connectivity index (χ3v) is 4.97. The maximum absolute atomic E-state index is 12.4. The lowest BCUT2D eigenvalue weighted by molar-refractivity contribution is -0.140. The molecule has 2 rings (SSSR count). The predicted octanol–water partition coefficient (Wildman–Crippen LogP) is 1.77. The summed E-state index contributed by atoms with van der Waals surface area (Å²) in [6, 6.07) is 7.72. The van der Waals surface area contributed by atoms with Crippen molar-refractivity contribution in [2.75, 3.05) is 27.7 Å². The summed E-state index contributed by atoms with van der Waals surface area (Å²) >= 11 is 0. The molecule has 6 heteroatoms. The summed E-state index contributed by atoms with van der Waals surface area (Å²) in [5.41, 5.74) is 0.579. The molecule has 0 aliphatic heterocycles. The number of nitrogens with one attached hydrogen (secondary N) is 1. The summed E-state index contributed by atoms with van der Waals surface area (Å²) in [5.74, 6) is -1.37. The SMILES string of the molecule is COc1ccc([C@H](CNC(=O)[C@H]2[C@H](C(=O)O)C2(C)C)N(C)C)cc1. The molecule has 1 aliphatic rings. The monoisotopic (exact) mass is 334 g/mol. The quantitative estimate of drug-likeness (QED) is 0.794. The zero-order valence-electron chi connectivity index (χ0n) is 14.9. The Morgan fingerprint density at radius 2 is 1.83 bits per heavy atom. The van der Waals surface area contributed by atoms with E-state index in [9.17, 15) is 14.7 Å². The van der Waals surface area contributed by atoms with E-state index in [1.807, 2.05) is 57.1 Å². The van der Waals surface area contributed by atoms with Gasteiger partial charge < -0.3 is 20.1 Å². The standard InChI is InChI=1S/C18H26N2O4/c1-18(2)14(15(18)17(22)23)16(21)19-10-13(20(3)4)11-6-8-12(24-5)9-7-11/h6-9,13-15H,10H2,1-5H3,(H,19,21)(H,22,23)/t13-,14+,15+/m0/s1. The molecule has 6 nitrogen and oxygen atoms in total. The van der Waals surface area contributed by atoms with Gasteiger partial charge in [0, 0.05) is 6.54 Å². The van der Waals surface area contributed by atoms with Crippen LogP contribution in [0.3, 0.4) is 0 Å². The van der Waals surface area contributed by atoms with Gasteiger partial charge >= 0.3 is 5.97 Å². The van der Waals surface area contributed by atoms with E-state index < -0.39 is 23.2 Å².